The molecule has 0 fully saturated rings. The standard InChI is InChI=1S/C15H12ClN3O3/c1-2-21-15(20)13(18-19-17)9-12-7-8-14(22-12)10-3-5-11(16)6-4-10/h3-9H,2H2,1H3. The number of ether oxygens (including phenoxy) is 1. The molecule has 0 spiro atoms. The molecular weight excluding hydrogens is 306 g/mol. The summed E-state index contributed by atoms with van der Waals surface area (Å²) < 4.78 is 10.4. The van der Waals surface area contributed by atoms with Gasteiger partial charge in [0.25, 0.3) is 0 Å². The van der Waals surface area contributed by atoms with Gasteiger partial charge in [-0.1, -0.05) is 16.7 Å². The van der Waals surface area contributed by atoms with Gasteiger partial charge in [-0.25, -0.2) is 4.79 Å². The van der Waals surface area contributed by atoms with Gasteiger partial charge >= 0.3 is 5.97 Å². The maximum atomic E-state index is 11.6. The van der Waals surface area contributed by atoms with Crippen LogP contribution in [0.25, 0.3) is 27.8 Å². The Morgan fingerprint density at radius 2 is 2.09 bits per heavy atom. The Morgan fingerprint density at radius 1 is 1.36 bits per heavy atom. The van der Waals surface area contributed by atoms with Gasteiger partial charge in [0.05, 0.1) is 6.61 Å². The minimum Gasteiger partial charge on any atom is -0.462 e. The van der Waals surface area contributed by atoms with Crippen LogP contribution in [-0.2, 0) is 9.53 Å². The summed E-state index contributed by atoms with van der Waals surface area (Å²) >= 11 is 5.83. The van der Waals surface area contributed by atoms with E-state index in [1.54, 1.807) is 31.2 Å². The zero-order valence-electron chi connectivity index (χ0n) is 11.7. The number of carbonyl (C=O) groups is 1. The fourth-order valence-electron chi connectivity index (χ4n) is 1.72. The van der Waals surface area contributed by atoms with Crippen molar-refractivity contribution in [1.82, 2.24) is 0 Å². The number of furan rings is 1. The first-order valence-corrected chi connectivity index (χ1v) is 6.81. The van der Waals surface area contributed by atoms with Crippen molar-refractivity contribution in [2.45, 2.75) is 6.92 Å². The molecule has 0 saturated heterocycles. The lowest BCUT2D eigenvalue weighted by Crippen LogP contribution is -2.05. The number of halogens is 1. The Bertz CT molecular complexity index is 744. The van der Waals surface area contributed by atoms with E-state index in [0.717, 1.165) is 5.56 Å². The molecule has 6 nitrogen and oxygen atoms in total. The minimum absolute atomic E-state index is 0.165. The van der Waals surface area contributed by atoms with Crippen LogP contribution in [0.2, 0.25) is 5.02 Å². The predicted molar refractivity (Wildman–Crippen MR) is 82.9 cm³/mol. The van der Waals surface area contributed by atoms with E-state index < -0.39 is 5.97 Å². The molecule has 0 aliphatic carbocycles. The molecule has 0 radical (unpaired) electrons. The molecule has 0 amide bonds. The van der Waals surface area contributed by atoms with Crippen LogP contribution in [0.3, 0.4) is 0 Å². The monoisotopic (exact) mass is 317 g/mol. The summed E-state index contributed by atoms with van der Waals surface area (Å²) in [5, 5.41) is 3.95. The second-order valence-electron chi connectivity index (χ2n) is 4.15. The van der Waals surface area contributed by atoms with Crippen molar-refractivity contribution in [3.63, 3.8) is 0 Å². The fraction of sp³-hybridized carbons (Fsp3) is 0.133. The van der Waals surface area contributed by atoms with Crippen molar-refractivity contribution in [2.24, 2.45) is 5.11 Å². The van der Waals surface area contributed by atoms with Crippen LogP contribution >= 0.6 is 11.6 Å². The van der Waals surface area contributed by atoms with E-state index in [1.165, 1.54) is 6.08 Å². The smallest absolute Gasteiger partial charge is 0.340 e. The highest BCUT2D eigenvalue weighted by molar-refractivity contribution is 6.30. The first kappa shape index (κ1) is 15.7. The molecule has 0 saturated carbocycles. The number of benzene rings is 1. The van der Waals surface area contributed by atoms with Gasteiger partial charge in [0.15, 0.2) is 0 Å². The lowest BCUT2D eigenvalue weighted by Gasteiger charge is -2.00. The van der Waals surface area contributed by atoms with Crippen LogP contribution < -0.4 is 0 Å². The molecule has 0 atom stereocenters. The second kappa shape index (κ2) is 7.36. The molecule has 1 aromatic carbocycles. The normalized spacial score (nSPS) is 10.9. The van der Waals surface area contributed by atoms with E-state index in [-0.39, 0.29) is 12.3 Å². The Balaban J connectivity index is 2.29. The van der Waals surface area contributed by atoms with Gasteiger partial charge in [-0.15, -0.1) is 0 Å². The molecule has 7 heteroatoms. The largest absolute Gasteiger partial charge is 0.462 e. The van der Waals surface area contributed by atoms with E-state index in [9.17, 15) is 4.79 Å². The molecule has 2 rings (SSSR count). The molecule has 0 aliphatic rings. The first-order chi connectivity index (χ1) is 10.6. The van der Waals surface area contributed by atoms with Crippen molar-refractivity contribution in [3.8, 4) is 11.3 Å². The summed E-state index contributed by atoms with van der Waals surface area (Å²) in [5.41, 5.74) is 9.18. The molecule has 2 aromatic rings. The maximum Gasteiger partial charge on any atom is 0.340 e. The Labute approximate surface area is 131 Å². The average Bonchev–Trinajstić information content (AvgIpc) is 2.96. The first-order valence-electron chi connectivity index (χ1n) is 6.43. The minimum atomic E-state index is -0.704. The van der Waals surface area contributed by atoms with Gasteiger partial charge in [0.1, 0.15) is 17.2 Å². The summed E-state index contributed by atoms with van der Waals surface area (Å²) in [6.45, 7) is 1.85. The van der Waals surface area contributed by atoms with E-state index in [4.69, 9.17) is 26.3 Å². The van der Waals surface area contributed by atoms with Crippen LogP contribution in [-0.4, -0.2) is 12.6 Å². The predicted octanol–water partition coefficient (Wildman–Crippen LogP) is 4.81. The van der Waals surface area contributed by atoms with Gasteiger partial charge in [-0.3, -0.25) is 0 Å². The third-order valence-corrected chi connectivity index (χ3v) is 2.92. The summed E-state index contributed by atoms with van der Waals surface area (Å²) in [6.07, 6.45) is 1.33. The number of azide groups is 1. The summed E-state index contributed by atoms with van der Waals surface area (Å²) in [5.74, 6) is 0.275. The maximum absolute atomic E-state index is 11.6. The zero-order chi connectivity index (χ0) is 15.9. The Hall–Kier alpha value is -2.69. The number of esters is 1. The van der Waals surface area contributed by atoms with Gasteiger partial charge < -0.3 is 9.15 Å². The van der Waals surface area contributed by atoms with Crippen molar-refractivity contribution in [3.05, 3.63) is 63.3 Å². The van der Waals surface area contributed by atoms with Gasteiger partial charge in [0.2, 0.25) is 0 Å². The summed E-state index contributed by atoms with van der Waals surface area (Å²) in [7, 11) is 0. The molecule has 1 heterocycles. The topological polar surface area (TPSA) is 88.2 Å². The van der Waals surface area contributed by atoms with Crippen molar-refractivity contribution in [1.29, 1.82) is 0 Å². The van der Waals surface area contributed by atoms with Crippen LogP contribution in [0, 0.1) is 0 Å². The number of carbonyl (C=O) groups excluding carboxylic acids is 1. The van der Waals surface area contributed by atoms with E-state index >= 15 is 0 Å². The molecule has 0 bridgehead atoms. The summed E-state index contributed by atoms with van der Waals surface area (Å²) in [4.78, 5) is 14.2. The number of nitrogens with zero attached hydrogens (tertiary/aromatic N) is 3. The average molecular weight is 318 g/mol. The van der Waals surface area contributed by atoms with Crippen molar-refractivity contribution < 1.29 is 13.9 Å². The number of rotatable bonds is 5. The fourth-order valence-corrected chi connectivity index (χ4v) is 1.84. The number of hydrogen-bond donors (Lipinski definition) is 0. The van der Waals surface area contributed by atoms with Gasteiger partial charge in [0, 0.05) is 15.5 Å². The van der Waals surface area contributed by atoms with Crippen LogP contribution in [0.15, 0.2) is 51.6 Å². The third-order valence-electron chi connectivity index (χ3n) is 2.67. The third kappa shape index (κ3) is 3.91. The molecule has 22 heavy (non-hydrogen) atoms. The number of hydrogen-bond acceptors (Lipinski definition) is 4. The second-order valence-corrected chi connectivity index (χ2v) is 4.58. The molecule has 112 valence electrons. The zero-order valence-corrected chi connectivity index (χ0v) is 12.4. The highest BCUT2D eigenvalue weighted by Gasteiger charge is 2.10. The lowest BCUT2D eigenvalue weighted by atomic mass is 10.2. The lowest BCUT2D eigenvalue weighted by molar-refractivity contribution is -0.138. The quantitative estimate of drug-likeness (QED) is 0.260. The van der Waals surface area contributed by atoms with Gasteiger partial charge in [-0.2, -0.15) is 0 Å². The SMILES string of the molecule is CCOC(=O)C(=Cc1ccc(-c2ccc(Cl)cc2)o1)N=[N+]=[N-]. The molecule has 1 aromatic heterocycles. The van der Waals surface area contributed by atoms with Crippen LogP contribution in [0.1, 0.15) is 12.7 Å². The molecular formula is C15H12ClN3O3. The molecule has 0 N–H and O–H groups in total. The Kier molecular flexibility index (Phi) is 5.25. The van der Waals surface area contributed by atoms with Crippen LogP contribution in [0.4, 0.5) is 0 Å². The van der Waals surface area contributed by atoms with E-state index in [2.05, 4.69) is 10.0 Å². The molecule has 0 aliphatic heterocycles. The van der Waals surface area contributed by atoms with Crippen LogP contribution in [0.5, 0.6) is 0 Å². The van der Waals surface area contributed by atoms with E-state index in [0.29, 0.717) is 16.5 Å². The Morgan fingerprint density at radius 3 is 2.73 bits per heavy atom. The van der Waals surface area contributed by atoms with Crippen molar-refractivity contribution in [2.75, 3.05) is 6.61 Å². The van der Waals surface area contributed by atoms with Gasteiger partial charge in [-0.05, 0) is 54.9 Å². The molecule has 0 unspecified atom stereocenters. The highest BCUT2D eigenvalue weighted by Crippen LogP contribution is 2.25. The van der Waals surface area contributed by atoms with Crippen molar-refractivity contribution >= 4 is 23.6 Å². The van der Waals surface area contributed by atoms with E-state index in [1.807, 2.05) is 12.1 Å². The highest BCUT2D eigenvalue weighted by atomic mass is 35.5. The summed E-state index contributed by atoms with van der Waals surface area (Å²) in [6, 6.07) is 10.5.